The minimum absolute atomic E-state index is 0.105. The number of hydrogen-bond acceptors (Lipinski definition) is 4. The minimum Gasteiger partial charge on any atom is -0.308 e. The van der Waals surface area contributed by atoms with Gasteiger partial charge in [0.15, 0.2) is 0 Å². The van der Waals surface area contributed by atoms with Crippen LogP contribution in [0.3, 0.4) is 0 Å². The highest BCUT2D eigenvalue weighted by atomic mass is 32.1. The van der Waals surface area contributed by atoms with Crippen molar-refractivity contribution in [1.82, 2.24) is 15.5 Å². The van der Waals surface area contributed by atoms with Crippen molar-refractivity contribution in [3.05, 3.63) is 34.8 Å². The summed E-state index contributed by atoms with van der Waals surface area (Å²) in [7, 11) is 0. The van der Waals surface area contributed by atoms with Gasteiger partial charge < -0.3 is 5.32 Å². The molecule has 0 spiro atoms. The largest absolute Gasteiger partial charge is 0.308 e. The van der Waals surface area contributed by atoms with E-state index in [1.165, 1.54) is 11.1 Å². The van der Waals surface area contributed by atoms with Crippen molar-refractivity contribution in [1.29, 1.82) is 0 Å². The third-order valence-electron chi connectivity index (χ3n) is 3.56. The number of benzene rings is 1. The van der Waals surface area contributed by atoms with Crippen molar-refractivity contribution in [3.63, 3.8) is 0 Å². The SMILES string of the molecule is CCNC(CC)c1nnc(-c2ccccc2C(C)(C)C)s1. The van der Waals surface area contributed by atoms with Crippen LogP contribution < -0.4 is 5.32 Å². The second-order valence-corrected chi connectivity index (χ2v) is 7.27. The molecule has 0 radical (unpaired) electrons. The molecule has 0 fully saturated rings. The highest BCUT2D eigenvalue weighted by molar-refractivity contribution is 7.14. The first-order valence-electron chi connectivity index (χ1n) is 7.64. The Morgan fingerprint density at radius 2 is 1.86 bits per heavy atom. The van der Waals surface area contributed by atoms with Crippen molar-refractivity contribution in [3.8, 4) is 10.6 Å². The van der Waals surface area contributed by atoms with E-state index in [-0.39, 0.29) is 5.41 Å². The Balaban J connectivity index is 2.38. The zero-order valence-corrected chi connectivity index (χ0v) is 14.4. The molecule has 2 rings (SSSR count). The van der Waals surface area contributed by atoms with Crippen LogP contribution in [-0.2, 0) is 5.41 Å². The van der Waals surface area contributed by atoms with Crippen LogP contribution in [0.15, 0.2) is 24.3 Å². The fraction of sp³-hybridized carbons (Fsp3) is 0.529. The van der Waals surface area contributed by atoms with Crippen molar-refractivity contribution in [2.24, 2.45) is 0 Å². The van der Waals surface area contributed by atoms with Crippen LogP contribution in [0.4, 0.5) is 0 Å². The lowest BCUT2D eigenvalue weighted by molar-refractivity contribution is 0.531. The van der Waals surface area contributed by atoms with E-state index < -0.39 is 0 Å². The average molecular weight is 303 g/mol. The molecule has 1 aromatic carbocycles. The summed E-state index contributed by atoms with van der Waals surface area (Å²) in [5.41, 5.74) is 2.64. The molecule has 1 heterocycles. The summed E-state index contributed by atoms with van der Waals surface area (Å²) < 4.78 is 0. The lowest BCUT2D eigenvalue weighted by Crippen LogP contribution is -2.19. The van der Waals surface area contributed by atoms with Gasteiger partial charge in [0.05, 0.1) is 6.04 Å². The molecule has 1 unspecified atom stereocenters. The van der Waals surface area contributed by atoms with Gasteiger partial charge >= 0.3 is 0 Å². The predicted molar refractivity (Wildman–Crippen MR) is 90.8 cm³/mol. The lowest BCUT2D eigenvalue weighted by Gasteiger charge is -2.21. The van der Waals surface area contributed by atoms with Gasteiger partial charge in [0.1, 0.15) is 10.0 Å². The van der Waals surface area contributed by atoms with E-state index in [1.54, 1.807) is 11.3 Å². The second-order valence-electron chi connectivity index (χ2n) is 6.26. The number of nitrogens with one attached hydrogen (secondary N) is 1. The smallest absolute Gasteiger partial charge is 0.148 e. The summed E-state index contributed by atoms with van der Waals surface area (Å²) in [6.45, 7) is 12.0. The van der Waals surface area contributed by atoms with Crippen LogP contribution >= 0.6 is 11.3 Å². The highest BCUT2D eigenvalue weighted by Crippen LogP contribution is 2.35. The molecule has 0 saturated carbocycles. The van der Waals surface area contributed by atoms with E-state index in [0.717, 1.165) is 23.0 Å². The summed E-state index contributed by atoms with van der Waals surface area (Å²) in [6.07, 6.45) is 1.03. The molecule has 3 nitrogen and oxygen atoms in total. The monoisotopic (exact) mass is 303 g/mol. The molecule has 1 N–H and O–H groups in total. The van der Waals surface area contributed by atoms with Crippen molar-refractivity contribution in [2.75, 3.05) is 6.54 Å². The molecule has 4 heteroatoms. The quantitative estimate of drug-likeness (QED) is 0.879. The molecule has 0 aliphatic carbocycles. The van der Waals surface area contributed by atoms with Gasteiger partial charge in [-0.3, -0.25) is 0 Å². The van der Waals surface area contributed by atoms with Crippen LogP contribution in [0, 0.1) is 0 Å². The number of hydrogen-bond donors (Lipinski definition) is 1. The lowest BCUT2D eigenvalue weighted by atomic mass is 9.84. The minimum atomic E-state index is 0.105. The number of aromatic nitrogens is 2. The Morgan fingerprint density at radius 3 is 2.48 bits per heavy atom. The third-order valence-corrected chi connectivity index (χ3v) is 4.63. The van der Waals surface area contributed by atoms with E-state index in [9.17, 15) is 0 Å². The van der Waals surface area contributed by atoms with E-state index in [4.69, 9.17) is 0 Å². The second kappa shape index (κ2) is 6.67. The Hall–Kier alpha value is -1.26. The van der Waals surface area contributed by atoms with E-state index >= 15 is 0 Å². The number of rotatable bonds is 5. The first-order valence-corrected chi connectivity index (χ1v) is 8.45. The molecule has 114 valence electrons. The van der Waals surface area contributed by atoms with E-state index in [1.807, 2.05) is 0 Å². The van der Waals surface area contributed by atoms with Gasteiger partial charge in [0.25, 0.3) is 0 Å². The molecular weight excluding hydrogens is 278 g/mol. The molecular formula is C17H25N3S. The van der Waals surface area contributed by atoms with Gasteiger partial charge in [-0.1, -0.05) is 70.2 Å². The van der Waals surface area contributed by atoms with Gasteiger partial charge in [-0.25, -0.2) is 0 Å². The first kappa shape index (κ1) is 16.1. The van der Waals surface area contributed by atoms with Gasteiger partial charge in [-0.2, -0.15) is 0 Å². The molecule has 1 atom stereocenters. The summed E-state index contributed by atoms with van der Waals surface area (Å²) in [5, 5.41) is 14.4. The Bertz CT molecular complexity index is 584. The van der Waals surface area contributed by atoms with Crippen LogP contribution in [-0.4, -0.2) is 16.7 Å². The van der Waals surface area contributed by atoms with Crippen LogP contribution in [0.25, 0.3) is 10.6 Å². The van der Waals surface area contributed by atoms with Gasteiger partial charge in [-0.15, -0.1) is 10.2 Å². The summed E-state index contributed by atoms with van der Waals surface area (Å²) in [4.78, 5) is 0. The Labute approximate surface area is 131 Å². The third kappa shape index (κ3) is 3.69. The van der Waals surface area contributed by atoms with Gasteiger partial charge in [0, 0.05) is 5.56 Å². The molecule has 0 saturated heterocycles. The maximum atomic E-state index is 4.44. The van der Waals surface area contributed by atoms with Crippen LogP contribution in [0.1, 0.15) is 57.7 Å². The standard InChI is InChI=1S/C17H25N3S/c1-6-14(18-7-2)16-20-19-15(21-16)12-10-8-9-11-13(12)17(3,4)5/h8-11,14,18H,6-7H2,1-5H3. The molecule has 21 heavy (non-hydrogen) atoms. The van der Waals surface area contributed by atoms with E-state index in [0.29, 0.717) is 6.04 Å². The molecule has 0 bridgehead atoms. The molecule has 0 aliphatic heterocycles. The molecule has 0 amide bonds. The van der Waals surface area contributed by atoms with Crippen molar-refractivity contribution in [2.45, 2.75) is 52.5 Å². The van der Waals surface area contributed by atoms with Crippen molar-refractivity contribution >= 4 is 11.3 Å². The molecule has 1 aromatic heterocycles. The van der Waals surface area contributed by atoms with E-state index in [2.05, 4.69) is 74.4 Å². The summed E-state index contributed by atoms with van der Waals surface area (Å²) in [5.74, 6) is 0. The van der Waals surface area contributed by atoms with Crippen LogP contribution in [0.2, 0.25) is 0 Å². The summed E-state index contributed by atoms with van der Waals surface area (Å²) in [6, 6.07) is 8.83. The average Bonchev–Trinajstić information content (AvgIpc) is 2.93. The normalized spacial score (nSPS) is 13.4. The maximum Gasteiger partial charge on any atom is 0.148 e. The first-order chi connectivity index (χ1) is 9.97. The molecule has 0 aliphatic rings. The number of nitrogens with zero attached hydrogens (tertiary/aromatic N) is 2. The fourth-order valence-corrected chi connectivity index (χ4v) is 3.50. The fourth-order valence-electron chi connectivity index (χ4n) is 2.46. The molecule has 2 aromatic rings. The van der Waals surface area contributed by atoms with Gasteiger partial charge in [-0.05, 0) is 23.9 Å². The predicted octanol–water partition coefficient (Wildman–Crippen LogP) is 4.56. The zero-order valence-electron chi connectivity index (χ0n) is 13.6. The van der Waals surface area contributed by atoms with Crippen LogP contribution in [0.5, 0.6) is 0 Å². The maximum absolute atomic E-state index is 4.44. The zero-order chi connectivity index (χ0) is 15.5. The van der Waals surface area contributed by atoms with Gasteiger partial charge in [0.2, 0.25) is 0 Å². The Morgan fingerprint density at radius 1 is 1.14 bits per heavy atom. The topological polar surface area (TPSA) is 37.8 Å². The Kier molecular flexibility index (Phi) is 5.12. The van der Waals surface area contributed by atoms with Crippen molar-refractivity contribution < 1.29 is 0 Å². The summed E-state index contributed by atoms with van der Waals surface area (Å²) >= 11 is 1.70. The highest BCUT2D eigenvalue weighted by Gasteiger charge is 2.21.